The summed E-state index contributed by atoms with van der Waals surface area (Å²) in [6.07, 6.45) is 2.74. The van der Waals surface area contributed by atoms with Gasteiger partial charge in [0.15, 0.2) is 0 Å². The number of benzene rings is 1. The highest BCUT2D eigenvalue weighted by Crippen LogP contribution is 2.35. The van der Waals surface area contributed by atoms with Crippen molar-refractivity contribution < 1.29 is 4.74 Å². The maximum atomic E-state index is 5.93. The zero-order chi connectivity index (χ0) is 10.1. The second-order valence-electron chi connectivity index (χ2n) is 3.82. The van der Waals surface area contributed by atoms with E-state index in [0.717, 1.165) is 16.5 Å². The molecule has 1 aromatic rings. The van der Waals surface area contributed by atoms with Crippen molar-refractivity contribution >= 4 is 17.3 Å². The summed E-state index contributed by atoms with van der Waals surface area (Å²) in [7, 11) is 4.01. The second-order valence-corrected chi connectivity index (χ2v) is 4.26. The molecule has 0 aliphatic heterocycles. The van der Waals surface area contributed by atoms with Gasteiger partial charge in [0.25, 0.3) is 0 Å². The number of nitrogens with zero attached hydrogens (tertiary/aromatic N) is 1. The zero-order valence-corrected chi connectivity index (χ0v) is 9.21. The number of hydrogen-bond donors (Lipinski definition) is 0. The minimum absolute atomic E-state index is 0.409. The molecule has 2 nitrogen and oxygen atoms in total. The molecule has 0 atom stereocenters. The van der Waals surface area contributed by atoms with Crippen LogP contribution in [0.3, 0.4) is 0 Å². The molecule has 1 aliphatic rings. The molecule has 0 aromatic heterocycles. The Hall–Kier alpha value is -0.890. The van der Waals surface area contributed by atoms with Crippen molar-refractivity contribution in [1.29, 1.82) is 0 Å². The molecule has 14 heavy (non-hydrogen) atoms. The third-order valence-corrected chi connectivity index (χ3v) is 2.46. The van der Waals surface area contributed by atoms with Crippen LogP contribution in [0.15, 0.2) is 18.2 Å². The Morgan fingerprint density at radius 3 is 2.64 bits per heavy atom. The van der Waals surface area contributed by atoms with Gasteiger partial charge in [-0.05, 0) is 25.0 Å². The third kappa shape index (κ3) is 2.13. The Labute approximate surface area is 89.4 Å². The minimum atomic E-state index is 0.409. The van der Waals surface area contributed by atoms with Crippen LogP contribution in [-0.4, -0.2) is 20.2 Å². The van der Waals surface area contributed by atoms with Gasteiger partial charge in [-0.25, -0.2) is 0 Å². The lowest BCUT2D eigenvalue weighted by atomic mass is 10.3. The third-order valence-electron chi connectivity index (χ3n) is 2.22. The van der Waals surface area contributed by atoms with Crippen molar-refractivity contribution in [2.75, 3.05) is 19.0 Å². The summed E-state index contributed by atoms with van der Waals surface area (Å²) in [6.45, 7) is 0. The topological polar surface area (TPSA) is 12.5 Å². The highest BCUT2D eigenvalue weighted by Gasteiger charge is 2.24. The molecular formula is C11H14ClNO. The summed E-state index contributed by atoms with van der Waals surface area (Å²) in [5.41, 5.74) is 1.08. The summed E-state index contributed by atoms with van der Waals surface area (Å²) in [6, 6.07) is 5.76. The van der Waals surface area contributed by atoms with Gasteiger partial charge in [0, 0.05) is 25.2 Å². The van der Waals surface area contributed by atoms with E-state index in [-0.39, 0.29) is 0 Å². The number of anilines is 1. The molecule has 0 spiro atoms. The summed E-state index contributed by atoms with van der Waals surface area (Å²) in [5, 5.41) is 0.728. The first-order valence-corrected chi connectivity index (χ1v) is 5.18. The molecule has 76 valence electrons. The maximum absolute atomic E-state index is 5.93. The summed E-state index contributed by atoms with van der Waals surface area (Å²) in [5.74, 6) is 0.894. The predicted octanol–water partition coefficient (Wildman–Crippen LogP) is 2.95. The van der Waals surface area contributed by atoms with Crippen LogP contribution in [-0.2, 0) is 0 Å². The van der Waals surface area contributed by atoms with Crippen molar-refractivity contribution in [1.82, 2.24) is 0 Å². The van der Waals surface area contributed by atoms with Crippen LogP contribution in [0.25, 0.3) is 0 Å². The van der Waals surface area contributed by atoms with E-state index in [1.807, 2.05) is 37.2 Å². The molecule has 1 fully saturated rings. The number of ether oxygens (including phenoxy) is 1. The van der Waals surface area contributed by atoms with Gasteiger partial charge in [0.05, 0.1) is 11.8 Å². The monoisotopic (exact) mass is 211 g/mol. The largest absolute Gasteiger partial charge is 0.488 e. The molecule has 3 heteroatoms. The molecule has 0 unspecified atom stereocenters. The minimum Gasteiger partial charge on any atom is -0.488 e. The molecule has 1 saturated carbocycles. The summed E-state index contributed by atoms with van der Waals surface area (Å²) < 4.78 is 5.77. The van der Waals surface area contributed by atoms with Gasteiger partial charge in [-0.2, -0.15) is 0 Å². The highest BCUT2D eigenvalue weighted by atomic mass is 35.5. The van der Waals surface area contributed by atoms with Crippen LogP contribution in [0.2, 0.25) is 5.02 Å². The average molecular weight is 212 g/mol. The normalized spacial score (nSPS) is 15.4. The van der Waals surface area contributed by atoms with E-state index < -0.39 is 0 Å². The fourth-order valence-electron chi connectivity index (χ4n) is 1.32. The van der Waals surface area contributed by atoms with Gasteiger partial charge in [0.2, 0.25) is 0 Å². The van der Waals surface area contributed by atoms with Crippen LogP contribution in [0.5, 0.6) is 5.75 Å². The van der Waals surface area contributed by atoms with Gasteiger partial charge >= 0.3 is 0 Å². The Morgan fingerprint density at radius 2 is 2.07 bits per heavy atom. The molecular weight excluding hydrogens is 198 g/mol. The van der Waals surface area contributed by atoms with Crippen molar-refractivity contribution in [2.24, 2.45) is 0 Å². The lowest BCUT2D eigenvalue weighted by Crippen LogP contribution is -2.11. The SMILES string of the molecule is CN(C)c1ccc(Cl)cc1OC1CC1. The lowest BCUT2D eigenvalue weighted by molar-refractivity contribution is 0.304. The van der Waals surface area contributed by atoms with E-state index in [0.29, 0.717) is 6.10 Å². The number of hydrogen-bond acceptors (Lipinski definition) is 2. The van der Waals surface area contributed by atoms with Crippen molar-refractivity contribution in [2.45, 2.75) is 18.9 Å². The standard InChI is InChI=1S/C11H14ClNO/c1-13(2)10-6-3-8(12)7-11(10)14-9-4-5-9/h3,6-7,9H,4-5H2,1-2H3. The fraction of sp³-hybridized carbons (Fsp3) is 0.455. The highest BCUT2D eigenvalue weighted by molar-refractivity contribution is 6.30. The first-order chi connectivity index (χ1) is 6.66. The number of halogens is 1. The number of rotatable bonds is 3. The Morgan fingerprint density at radius 1 is 1.36 bits per heavy atom. The average Bonchev–Trinajstić information content (AvgIpc) is 2.87. The van der Waals surface area contributed by atoms with Gasteiger partial charge in [-0.1, -0.05) is 11.6 Å². The molecule has 0 N–H and O–H groups in total. The Balaban J connectivity index is 2.27. The summed E-state index contributed by atoms with van der Waals surface area (Å²) in [4.78, 5) is 2.04. The van der Waals surface area contributed by atoms with Crippen molar-refractivity contribution in [3.8, 4) is 5.75 Å². The van der Waals surface area contributed by atoms with Crippen molar-refractivity contribution in [3.63, 3.8) is 0 Å². The Kier molecular flexibility index (Phi) is 2.55. The van der Waals surface area contributed by atoms with Crippen LogP contribution in [0, 0.1) is 0 Å². The van der Waals surface area contributed by atoms with Gasteiger partial charge in [-0.3, -0.25) is 0 Å². The maximum Gasteiger partial charge on any atom is 0.144 e. The lowest BCUT2D eigenvalue weighted by Gasteiger charge is -2.17. The molecule has 0 radical (unpaired) electrons. The smallest absolute Gasteiger partial charge is 0.144 e. The first-order valence-electron chi connectivity index (χ1n) is 4.80. The Bertz CT molecular complexity index is 334. The molecule has 0 heterocycles. The van der Waals surface area contributed by atoms with Crippen LogP contribution >= 0.6 is 11.6 Å². The van der Waals surface area contributed by atoms with E-state index in [9.17, 15) is 0 Å². The van der Waals surface area contributed by atoms with Crippen LogP contribution < -0.4 is 9.64 Å². The molecule has 0 saturated heterocycles. The quantitative estimate of drug-likeness (QED) is 0.762. The van der Waals surface area contributed by atoms with E-state index in [2.05, 4.69) is 0 Å². The van der Waals surface area contributed by atoms with E-state index >= 15 is 0 Å². The van der Waals surface area contributed by atoms with Gasteiger partial charge in [0.1, 0.15) is 5.75 Å². The van der Waals surface area contributed by atoms with Crippen LogP contribution in [0.1, 0.15) is 12.8 Å². The predicted molar refractivity (Wildman–Crippen MR) is 59.4 cm³/mol. The van der Waals surface area contributed by atoms with E-state index in [4.69, 9.17) is 16.3 Å². The molecule has 0 amide bonds. The van der Waals surface area contributed by atoms with Gasteiger partial charge < -0.3 is 9.64 Å². The van der Waals surface area contributed by atoms with Gasteiger partial charge in [-0.15, -0.1) is 0 Å². The van der Waals surface area contributed by atoms with E-state index in [1.54, 1.807) is 0 Å². The summed E-state index contributed by atoms with van der Waals surface area (Å²) >= 11 is 5.93. The first kappa shape index (κ1) is 9.66. The zero-order valence-electron chi connectivity index (χ0n) is 8.46. The molecule has 1 aromatic carbocycles. The van der Waals surface area contributed by atoms with E-state index in [1.165, 1.54) is 12.8 Å². The molecule has 0 bridgehead atoms. The fourth-order valence-corrected chi connectivity index (χ4v) is 1.48. The molecule has 1 aliphatic carbocycles. The van der Waals surface area contributed by atoms with Crippen LogP contribution in [0.4, 0.5) is 5.69 Å². The van der Waals surface area contributed by atoms with Crippen molar-refractivity contribution in [3.05, 3.63) is 23.2 Å². The molecule has 2 rings (SSSR count). The second kappa shape index (κ2) is 3.70.